The average molecular weight is 172 g/mol. The lowest BCUT2D eigenvalue weighted by Crippen LogP contribution is -2.39. The van der Waals surface area contributed by atoms with E-state index in [1.807, 2.05) is 6.92 Å². The van der Waals surface area contributed by atoms with E-state index in [-0.39, 0.29) is 6.10 Å². The fraction of sp³-hybridized carbons (Fsp3) is 1.00. The minimum Gasteiger partial charge on any atom is -0.392 e. The molecule has 0 saturated carbocycles. The Morgan fingerprint density at radius 1 is 1.58 bits per heavy atom. The zero-order chi connectivity index (χ0) is 8.97. The first-order valence-corrected chi connectivity index (χ1v) is 4.84. The molecule has 1 heterocycles. The molecular weight excluding hydrogens is 152 g/mol. The number of likely N-dealkylation sites (tertiary alicyclic amines) is 1. The van der Waals surface area contributed by atoms with Gasteiger partial charge in [0, 0.05) is 19.1 Å². The third kappa shape index (κ3) is 3.52. The molecule has 1 fully saturated rings. The lowest BCUT2D eigenvalue weighted by molar-refractivity contribution is 0.126. The van der Waals surface area contributed by atoms with E-state index in [1.54, 1.807) is 0 Å². The highest BCUT2D eigenvalue weighted by atomic mass is 16.3. The molecule has 0 aromatic heterocycles. The fourth-order valence-electron chi connectivity index (χ4n) is 1.80. The van der Waals surface area contributed by atoms with Crippen LogP contribution in [0.3, 0.4) is 0 Å². The van der Waals surface area contributed by atoms with Crippen LogP contribution in [-0.4, -0.2) is 41.8 Å². The highest BCUT2D eigenvalue weighted by Crippen LogP contribution is 2.09. The molecular formula is C9H20N2O. The van der Waals surface area contributed by atoms with E-state index in [1.165, 1.54) is 12.8 Å². The molecule has 1 aliphatic rings. The van der Waals surface area contributed by atoms with E-state index in [9.17, 15) is 5.11 Å². The highest BCUT2D eigenvalue weighted by Gasteiger charge is 2.15. The Bertz CT molecular complexity index is 128. The predicted molar refractivity (Wildman–Crippen MR) is 49.9 cm³/mol. The minimum absolute atomic E-state index is 0.227. The molecule has 2 atom stereocenters. The van der Waals surface area contributed by atoms with Crippen molar-refractivity contribution in [3.8, 4) is 0 Å². The largest absolute Gasteiger partial charge is 0.392 e. The number of rotatable bonds is 2. The van der Waals surface area contributed by atoms with E-state index in [0.717, 1.165) is 26.1 Å². The molecule has 0 spiro atoms. The summed E-state index contributed by atoms with van der Waals surface area (Å²) >= 11 is 0. The molecule has 3 nitrogen and oxygen atoms in total. The van der Waals surface area contributed by atoms with E-state index >= 15 is 0 Å². The molecule has 3 N–H and O–H groups in total. The summed E-state index contributed by atoms with van der Waals surface area (Å²) in [5.74, 6) is 0. The van der Waals surface area contributed by atoms with Crippen molar-refractivity contribution in [2.24, 2.45) is 5.73 Å². The first-order chi connectivity index (χ1) is 5.68. The molecule has 1 rings (SSSR count). The summed E-state index contributed by atoms with van der Waals surface area (Å²) in [6, 6.07) is 0.311. The SMILES string of the molecule is CC(O)CN1CCCCC(N)C1. The number of aliphatic hydroxyl groups excluding tert-OH is 1. The Labute approximate surface area is 74.5 Å². The van der Waals surface area contributed by atoms with Gasteiger partial charge < -0.3 is 10.8 Å². The van der Waals surface area contributed by atoms with Gasteiger partial charge in [0.25, 0.3) is 0 Å². The van der Waals surface area contributed by atoms with Crippen molar-refractivity contribution in [1.29, 1.82) is 0 Å². The normalized spacial score (nSPS) is 29.8. The maximum Gasteiger partial charge on any atom is 0.0639 e. The Kier molecular flexibility index (Phi) is 3.98. The van der Waals surface area contributed by atoms with Gasteiger partial charge in [0.1, 0.15) is 0 Å². The summed E-state index contributed by atoms with van der Waals surface area (Å²) in [5, 5.41) is 9.20. The van der Waals surface area contributed by atoms with E-state index in [0.29, 0.717) is 6.04 Å². The van der Waals surface area contributed by atoms with Gasteiger partial charge in [-0.25, -0.2) is 0 Å². The Morgan fingerprint density at radius 2 is 2.33 bits per heavy atom. The molecule has 0 aromatic rings. The fourth-order valence-corrected chi connectivity index (χ4v) is 1.80. The van der Waals surface area contributed by atoms with Crippen molar-refractivity contribution >= 4 is 0 Å². The molecule has 0 bridgehead atoms. The summed E-state index contributed by atoms with van der Waals surface area (Å²) < 4.78 is 0. The Morgan fingerprint density at radius 3 is 3.00 bits per heavy atom. The van der Waals surface area contributed by atoms with Gasteiger partial charge >= 0.3 is 0 Å². The quantitative estimate of drug-likeness (QED) is 0.625. The van der Waals surface area contributed by atoms with Gasteiger partial charge in [0.15, 0.2) is 0 Å². The zero-order valence-electron chi connectivity index (χ0n) is 7.87. The van der Waals surface area contributed by atoms with Gasteiger partial charge in [-0.3, -0.25) is 4.90 Å². The maximum absolute atomic E-state index is 9.20. The summed E-state index contributed by atoms with van der Waals surface area (Å²) in [6.07, 6.45) is 3.36. The molecule has 0 amide bonds. The number of nitrogens with zero attached hydrogens (tertiary/aromatic N) is 1. The van der Waals surface area contributed by atoms with Gasteiger partial charge in [-0.2, -0.15) is 0 Å². The van der Waals surface area contributed by atoms with Gasteiger partial charge in [-0.15, -0.1) is 0 Å². The van der Waals surface area contributed by atoms with Crippen LogP contribution >= 0.6 is 0 Å². The smallest absolute Gasteiger partial charge is 0.0639 e. The standard InChI is InChI=1S/C9H20N2O/c1-8(12)6-11-5-3-2-4-9(10)7-11/h8-9,12H,2-7,10H2,1H3. The van der Waals surface area contributed by atoms with E-state index in [4.69, 9.17) is 5.73 Å². The van der Waals surface area contributed by atoms with E-state index < -0.39 is 0 Å². The molecule has 0 aromatic carbocycles. The van der Waals surface area contributed by atoms with Crippen LogP contribution in [0.5, 0.6) is 0 Å². The number of hydrogen-bond acceptors (Lipinski definition) is 3. The zero-order valence-corrected chi connectivity index (χ0v) is 7.87. The van der Waals surface area contributed by atoms with Crippen LogP contribution in [0.25, 0.3) is 0 Å². The van der Waals surface area contributed by atoms with Crippen molar-refractivity contribution in [2.45, 2.75) is 38.3 Å². The lowest BCUT2D eigenvalue weighted by Gasteiger charge is -2.23. The van der Waals surface area contributed by atoms with Crippen molar-refractivity contribution in [2.75, 3.05) is 19.6 Å². The minimum atomic E-state index is -0.227. The Hall–Kier alpha value is -0.120. The molecule has 1 saturated heterocycles. The van der Waals surface area contributed by atoms with Gasteiger partial charge in [0.05, 0.1) is 6.10 Å². The number of hydrogen-bond donors (Lipinski definition) is 2. The second kappa shape index (κ2) is 4.80. The molecule has 12 heavy (non-hydrogen) atoms. The number of β-amino-alcohol motifs (C(OH)–C–C–N with tert-alkyl or cyclic N) is 1. The molecule has 0 radical (unpaired) electrons. The third-order valence-corrected chi connectivity index (χ3v) is 2.31. The monoisotopic (exact) mass is 172 g/mol. The first-order valence-electron chi connectivity index (χ1n) is 4.84. The van der Waals surface area contributed by atoms with Crippen LogP contribution < -0.4 is 5.73 Å². The summed E-state index contributed by atoms with van der Waals surface area (Å²) in [6.45, 7) is 4.65. The van der Waals surface area contributed by atoms with Gasteiger partial charge in [-0.05, 0) is 26.3 Å². The molecule has 1 aliphatic heterocycles. The van der Waals surface area contributed by atoms with Crippen LogP contribution in [-0.2, 0) is 0 Å². The Balaban J connectivity index is 2.31. The van der Waals surface area contributed by atoms with Crippen LogP contribution in [0, 0.1) is 0 Å². The molecule has 3 heteroatoms. The van der Waals surface area contributed by atoms with Crippen LogP contribution in [0.1, 0.15) is 26.2 Å². The second-order valence-corrected chi connectivity index (χ2v) is 3.86. The second-order valence-electron chi connectivity index (χ2n) is 3.86. The van der Waals surface area contributed by atoms with Crippen molar-refractivity contribution in [1.82, 2.24) is 4.90 Å². The third-order valence-electron chi connectivity index (χ3n) is 2.31. The summed E-state index contributed by atoms with van der Waals surface area (Å²) in [7, 11) is 0. The lowest BCUT2D eigenvalue weighted by atomic mass is 10.2. The average Bonchev–Trinajstić information content (AvgIpc) is 2.12. The maximum atomic E-state index is 9.20. The van der Waals surface area contributed by atoms with Gasteiger partial charge in [-0.1, -0.05) is 6.42 Å². The molecule has 72 valence electrons. The van der Waals surface area contributed by atoms with Crippen molar-refractivity contribution in [3.63, 3.8) is 0 Å². The first kappa shape index (κ1) is 9.96. The van der Waals surface area contributed by atoms with E-state index in [2.05, 4.69) is 4.90 Å². The van der Waals surface area contributed by atoms with Crippen molar-refractivity contribution in [3.05, 3.63) is 0 Å². The van der Waals surface area contributed by atoms with Gasteiger partial charge in [0.2, 0.25) is 0 Å². The predicted octanol–water partition coefficient (Wildman–Crippen LogP) is 0.180. The topological polar surface area (TPSA) is 49.5 Å². The van der Waals surface area contributed by atoms with Crippen LogP contribution in [0.15, 0.2) is 0 Å². The highest BCUT2D eigenvalue weighted by molar-refractivity contribution is 4.73. The summed E-state index contributed by atoms with van der Waals surface area (Å²) in [4.78, 5) is 2.27. The number of aliphatic hydroxyl groups is 1. The van der Waals surface area contributed by atoms with Crippen molar-refractivity contribution < 1.29 is 5.11 Å². The molecule has 2 unspecified atom stereocenters. The molecule has 0 aliphatic carbocycles. The summed E-state index contributed by atoms with van der Waals surface area (Å²) in [5.41, 5.74) is 5.88. The number of nitrogens with two attached hydrogens (primary N) is 1. The van der Waals surface area contributed by atoms with Crippen LogP contribution in [0.4, 0.5) is 0 Å². The van der Waals surface area contributed by atoms with Crippen LogP contribution in [0.2, 0.25) is 0 Å².